The molecule has 1 atom stereocenters. The van der Waals surface area contributed by atoms with Gasteiger partial charge in [0.05, 0.1) is 17.6 Å². The molecule has 21 heavy (non-hydrogen) atoms. The number of alkyl halides is 1. The third-order valence-electron chi connectivity index (χ3n) is 4.15. The van der Waals surface area contributed by atoms with E-state index >= 15 is 0 Å². The molecule has 1 unspecified atom stereocenters. The molecule has 0 bridgehead atoms. The number of fused-ring (bicyclic) bond motifs is 1. The molecule has 3 rings (SSSR count). The van der Waals surface area contributed by atoms with Crippen LogP contribution in [0.2, 0.25) is 0 Å². The third kappa shape index (κ3) is 3.09. The van der Waals surface area contributed by atoms with E-state index in [-0.39, 0.29) is 0 Å². The number of thiazole rings is 1. The summed E-state index contributed by atoms with van der Waals surface area (Å²) in [6.45, 7) is 3.37. The first-order chi connectivity index (χ1) is 10.3. The van der Waals surface area contributed by atoms with E-state index in [0.717, 1.165) is 18.7 Å². The molecule has 0 amide bonds. The van der Waals surface area contributed by atoms with Crippen molar-refractivity contribution in [3.63, 3.8) is 0 Å². The standard InChI is InChI=1S/C17H21ClN2S/c1-2-15(17-19-14(11-18)12-21-17)20-10-6-5-8-13-7-3-4-9-16(13)20/h3-4,7,9,12,15H,2,5-6,8,10-11H2,1H3. The smallest absolute Gasteiger partial charge is 0.115 e. The summed E-state index contributed by atoms with van der Waals surface area (Å²) >= 11 is 7.66. The van der Waals surface area contributed by atoms with Crippen LogP contribution in [0.3, 0.4) is 0 Å². The lowest BCUT2D eigenvalue weighted by Gasteiger charge is -2.32. The SMILES string of the molecule is CCC(c1nc(CCl)cs1)N1CCCCc2ccccc21. The molecular formula is C17H21ClN2S. The van der Waals surface area contributed by atoms with Crippen molar-refractivity contribution in [1.29, 1.82) is 0 Å². The third-order valence-corrected chi connectivity index (χ3v) is 5.42. The molecule has 1 aromatic heterocycles. The Morgan fingerprint density at radius 1 is 1.33 bits per heavy atom. The molecular weight excluding hydrogens is 300 g/mol. The predicted molar refractivity (Wildman–Crippen MR) is 91.4 cm³/mol. The highest BCUT2D eigenvalue weighted by atomic mass is 35.5. The predicted octanol–water partition coefficient (Wildman–Crippen LogP) is 5.18. The van der Waals surface area contributed by atoms with Crippen LogP contribution in [0.4, 0.5) is 5.69 Å². The maximum atomic E-state index is 5.91. The molecule has 0 saturated heterocycles. The number of hydrogen-bond donors (Lipinski definition) is 0. The van der Waals surface area contributed by atoms with Gasteiger partial charge in [0.25, 0.3) is 0 Å². The molecule has 1 aliphatic heterocycles. The van der Waals surface area contributed by atoms with Gasteiger partial charge in [0.2, 0.25) is 0 Å². The van der Waals surface area contributed by atoms with Crippen molar-refractivity contribution in [3.8, 4) is 0 Å². The van der Waals surface area contributed by atoms with Crippen molar-refractivity contribution < 1.29 is 0 Å². The molecule has 1 aliphatic rings. The second kappa shape index (κ2) is 6.80. The molecule has 1 aromatic carbocycles. The summed E-state index contributed by atoms with van der Waals surface area (Å²) < 4.78 is 0. The van der Waals surface area contributed by atoms with Gasteiger partial charge in [-0.05, 0) is 37.3 Å². The molecule has 0 radical (unpaired) electrons. The Morgan fingerprint density at radius 3 is 2.95 bits per heavy atom. The highest BCUT2D eigenvalue weighted by Crippen LogP contribution is 2.36. The Balaban J connectivity index is 1.96. The lowest BCUT2D eigenvalue weighted by molar-refractivity contribution is 0.585. The lowest BCUT2D eigenvalue weighted by Crippen LogP contribution is -2.29. The van der Waals surface area contributed by atoms with Gasteiger partial charge in [-0.1, -0.05) is 25.1 Å². The summed E-state index contributed by atoms with van der Waals surface area (Å²) in [4.78, 5) is 7.28. The molecule has 2 heterocycles. The summed E-state index contributed by atoms with van der Waals surface area (Å²) in [5.41, 5.74) is 3.87. The van der Waals surface area contributed by atoms with Crippen LogP contribution < -0.4 is 4.90 Å². The van der Waals surface area contributed by atoms with Crippen LogP contribution in [0.25, 0.3) is 0 Å². The molecule has 0 N–H and O–H groups in total. The largest absolute Gasteiger partial charge is 0.362 e. The van der Waals surface area contributed by atoms with Gasteiger partial charge in [0.15, 0.2) is 0 Å². The molecule has 0 spiro atoms. The fraction of sp³-hybridized carbons (Fsp3) is 0.471. The fourth-order valence-electron chi connectivity index (χ4n) is 3.11. The van der Waals surface area contributed by atoms with E-state index in [1.807, 2.05) is 0 Å². The minimum atomic E-state index is 0.367. The van der Waals surface area contributed by atoms with Gasteiger partial charge in [0.1, 0.15) is 5.01 Å². The van der Waals surface area contributed by atoms with Crippen LogP contribution in [0.15, 0.2) is 29.6 Å². The van der Waals surface area contributed by atoms with Gasteiger partial charge in [-0.3, -0.25) is 0 Å². The molecule has 2 aromatic rings. The van der Waals surface area contributed by atoms with Gasteiger partial charge in [-0.25, -0.2) is 4.98 Å². The van der Waals surface area contributed by atoms with Gasteiger partial charge in [-0.15, -0.1) is 22.9 Å². The molecule has 2 nitrogen and oxygen atoms in total. The van der Waals surface area contributed by atoms with E-state index in [9.17, 15) is 0 Å². The molecule has 4 heteroatoms. The zero-order chi connectivity index (χ0) is 14.7. The van der Waals surface area contributed by atoms with Crippen molar-refractivity contribution in [1.82, 2.24) is 4.98 Å². The minimum absolute atomic E-state index is 0.367. The van der Waals surface area contributed by atoms with E-state index in [1.165, 1.54) is 35.5 Å². The number of nitrogens with zero attached hydrogens (tertiary/aromatic N) is 2. The number of halogens is 1. The maximum Gasteiger partial charge on any atom is 0.115 e. The molecule has 0 fully saturated rings. The van der Waals surface area contributed by atoms with E-state index in [4.69, 9.17) is 16.6 Å². The van der Waals surface area contributed by atoms with Gasteiger partial charge < -0.3 is 4.90 Å². The van der Waals surface area contributed by atoms with Crippen LogP contribution in [0.1, 0.15) is 48.5 Å². The van der Waals surface area contributed by atoms with Crippen LogP contribution in [-0.2, 0) is 12.3 Å². The first-order valence-corrected chi connectivity index (χ1v) is 9.09. The van der Waals surface area contributed by atoms with Crippen LogP contribution in [-0.4, -0.2) is 11.5 Å². The van der Waals surface area contributed by atoms with E-state index in [2.05, 4.69) is 41.5 Å². The van der Waals surface area contributed by atoms with E-state index in [1.54, 1.807) is 11.3 Å². The second-order valence-corrected chi connectivity index (χ2v) is 6.67. The Hall–Kier alpha value is -1.06. The topological polar surface area (TPSA) is 16.1 Å². The van der Waals surface area contributed by atoms with E-state index < -0.39 is 0 Å². The fourth-order valence-corrected chi connectivity index (χ4v) is 4.35. The van der Waals surface area contributed by atoms with Crippen molar-refractivity contribution in [3.05, 3.63) is 45.9 Å². The van der Waals surface area contributed by atoms with E-state index in [0.29, 0.717) is 11.9 Å². The number of aryl methyl sites for hydroxylation is 1. The zero-order valence-corrected chi connectivity index (χ0v) is 14.0. The Morgan fingerprint density at radius 2 is 2.19 bits per heavy atom. The maximum absolute atomic E-state index is 5.91. The van der Waals surface area contributed by atoms with Gasteiger partial charge in [0, 0.05) is 17.6 Å². The molecule has 112 valence electrons. The highest BCUT2D eigenvalue weighted by Gasteiger charge is 2.25. The zero-order valence-electron chi connectivity index (χ0n) is 12.4. The second-order valence-electron chi connectivity index (χ2n) is 5.51. The van der Waals surface area contributed by atoms with Crippen molar-refractivity contribution in [2.24, 2.45) is 0 Å². The van der Waals surface area contributed by atoms with Crippen molar-refractivity contribution in [2.45, 2.75) is 44.5 Å². The van der Waals surface area contributed by atoms with Crippen molar-refractivity contribution in [2.75, 3.05) is 11.4 Å². The summed E-state index contributed by atoms with van der Waals surface area (Å²) in [6.07, 6.45) is 4.78. The average Bonchev–Trinajstić information content (AvgIpc) is 2.90. The Labute approximate surface area is 135 Å². The molecule has 0 aliphatic carbocycles. The van der Waals surface area contributed by atoms with Gasteiger partial charge >= 0.3 is 0 Å². The number of rotatable bonds is 4. The van der Waals surface area contributed by atoms with Crippen LogP contribution in [0.5, 0.6) is 0 Å². The summed E-state index contributed by atoms with van der Waals surface area (Å²) in [5.74, 6) is 0.503. The quantitative estimate of drug-likeness (QED) is 0.722. The van der Waals surface area contributed by atoms with Crippen LogP contribution in [0, 0.1) is 0 Å². The first-order valence-electron chi connectivity index (χ1n) is 7.68. The Bertz CT molecular complexity index is 596. The number of benzene rings is 1. The summed E-state index contributed by atoms with van der Waals surface area (Å²) in [7, 11) is 0. The summed E-state index contributed by atoms with van der Waals surface area (Å²) in [6, 6.07) is 9.20. The number of para-hydroxylation sites is 1. The number of hydrogen-bond acceptors (Lipinski definition) is 3. The monoisotopic (exact) mass is 320 g/mol. The number of aromatic nitrogens is 1. The molecule has 0 saturated carbocycles. The van der Waals surface area contributed by atoms with Gasteiger partial charge in [-0.2, -0.15) is 0 Å². The van der Waals surface area contributed by atoms with Crippen molar-refractivity contribution >= 4 is 28.6 Å². The highest BCUT2D eigenvalue weighted by molar-refractivity contribution is 7.09. The normalized spacial score (nSPS) is 16.4. The summed E-state index contributed by atoms with van der Waals surface area (Å²) in [5, 5.41) is 3.29. The van der Waals surface area contributed by atoms with Crippen LogP contribution >= 0.6 is 22.9 Å². The minimum Gasteiger partial charge on any atom is -0.362 e. The Kier molecular flexibility index (Phi) is 4.81. The lowest BCUT2D eigenvalue weighted by atomic mass is 10.1. The average molecular weight is 321 g/mol. The number of anilines is 1. The first kappa shape index (κ1) is 14.9.